The molecular weight excluding hydrogens is 150 g/mol. The molecule has 3 aliphatic rings. The molecule has 2 bridgehead atoms. The summed E-state index contributed by atoms with van der Waals surface area (Å²) in [4.78, 5) is 12.7. The lowest BCUT2D eigenvalue weighted by Gasteiger charge is -2.45. The Hall–Kier alpha value is -0.370. The number of carbonyl (C=O) groups excluding carboxylic acids is 1. The molecule has 0 spiro atoms. The molecule has 1 saturated carbocycles. The molecule has 3 rings (SSSR count). The van der Waals surface area contributed by atoms with Gasteiger partial charge in [0.1, 0.15) is 6.29 Å². The number of hydrogen-bond donors (Lipinski definition) is 0. The van der Waals surface area contributed by atoms with Gasteiger partial charge in [0.2, 0.25) is 0 Å². The number of hydrogen-bond acceptors (Lipinski definition) is 2. The Morgan fingerprint density at radius 3 is 2.50 bits per heavy atom. The van der Waals surface area contributed by atoms with Gasteiger partial charge in [0.05, 0.1) is 0 Å². The van der Waals surface area contributed by atoms with Crippen LogP contribution in [-0.4, -0.2) is 30.3 Å². The molecular formula is C10H17NO. The van der Waals surface area contributed by atoms with Crippen molar-refractivity contribution >= 4 is 6.29 Å². The highest BCUT2D eigenvalue weighted by Crippen LogP contribution is 2.34. The van der Waals surface area contributed by atoms with Crippen molar-refractivity contribution in [3.8, 4) is 0 Å². The van der Waals surface area contributed by atoms with E-state index in [9.17, 15) is 4.79 Å². The predicted molar refractivity (Wildman–Crippen MR) is 48.0 cm³/mol. The fourth-order valence-electron chi connectivity index (χ4n) is 2.67. The van der Waals surface area contributed by atoms with Crippen molar-refractivity contribution in [2.24, 2.45) is 5.92 Å². The molecule has 0 aromatic carbocycles. The minimum Gasteiger partial charge on any atom is -0.303 e. The molecule has 0 aromatic heterocycles. The minimum atomic E-state index is 0.725. The molecule has 0 aromatic rings. The van der Waals surface area contributed by atoms with Crippen LogP contribution in [-0.2, 0) is 4.79 Å². The van der Waals surface area contributed by atoms with Gasteiger partial charge in [-0.2, -0.15) is 0 Å². The molecule has 3 fully saturated rings. The van der Waals surface area contributed by atoms with Gasteiger partial charge in [-0.1, -0.05) is 0 Å². The van der Waals surface area contributed by atoms with Crippen LogP contribution >= 0.6 is 0 Å². The van der Waals surface area contributed by atoms with Crippen molar-refractivity contribution < 1.29 is 4.79 Å². The molecule has 0 atom stereocenters. The van der Waals surface area contributed by atoms with E-state index in [4.69, 9.17) is 0 Å². The number of fused-ring (bicyclic) bond motifs is 3. The van der Waals surface area contributed by atoms with Gasteiger partial charge >= 0.3 is 0 Å². The second kappa shape index (κ2) is 3.56. The third kappa shape index (κ3) is 1.53. The lowest BCUT2D eigenvalue weighted by atomic mass is 9.80. The SMILES string of the molecule is O=CCCN1CC2CCC1CC2. The summed E-state index contributed by atoms with van der Waals surface area (Å²) in [6, 6.07) is 0.815. The Morgan fingerprint density at radius 2 is 2.00 bits per heavy atom. The summed E-state index contributed by atoms with van der Waals surface area (Å²) in [5.74, 6) is 0.946. The van der Waals surface area contributed by atoms with Gasteiger partial charge in [0.25, 0.3) is 0 Å². The van der Waals surface area contributed by atoms with Crippen LogP contribution in [0.2, 0.25) is 0 Å². The lowest BCUT2D eigenvalue weighted by molar-refractivity contribution is -0.108. The monoisotopic (exact) mass is 167 g/mol. The Bertz CT molecular complexity index is 161. The van der Waals surface area contributed by atoms with Crippen LogP contribution in [0.25, 0.3) is 0 Å². The average molecular weight is 167 g/mol. The van der Waals surface area contributed by atoms with Crippen molar-refractivity contribution in [1.29, 1.82) is 0 Å². The number of nitrogens with zero attached hydrogens (tertiary/aromatic N) is 1. The molecule has 2 heteroatoms. The molecule has 2 saturated heterocycles. The van der Waals surface area contributed by atoms with Crippen molar-refractivity contribution in [2.45, 2.75) is 38.1 Å². The molecule has 0 N–H and O–H groups in total. The quantitative estimate of drug-likeness (QED) is 0.593. The second-order valence-electron chi connectivity index (χ2n) is 4.12. The zero-order valence-corrected chi connectivity index (χ0v) is 7.54. The molecule has 0 amide bonds. The highest BCUT2D eigenvalue weighted by Gasteiger charge is 2.32. The van der Waals surface area contributed by atoms with Gasteiger partial charge in [0, 0.05) is 25.6 Å². The molecule has 2 nitrogen and oxygen atoms in total. The maximum atomic E-state index is 10.2. The van der Waals surface area contributed by atoms with Gasteiger partial charge in [-0.25, -0.2) is 0 Å². The van der Waals surface area contributed by atoms with E-state index in [-0.39, 0.29) is 0 Å². The highest BCUT2D eigenvalue weighted by atomic mass is 16.1. The van der Waals surface area contributed by atoms with E-state index in [1.807, 2.05) is 0 Å². The molecule has 0 unspecified atom stereocenters. The van der Waals surface area contributed by atoms with E-state index in [2.05, 4.69) is 4.90 Å². The second-order valence-corrected chi connectivity index (χ2v) is 4.12. The van der Waals surface area contributed by atoms with Gasteiger partial charge in [-0.05, 0) is 31.6 Å². The van der Waals surface area contributed by atoms with E-state index in [1.54, 1.807) is 0 Å². The zero-order chi connectivity index (χ0) is 8.39. The Kier molecular flexibility index (Phi) is 2.45. The number of piperidine rings is 2. The van der Waals surface area contributed by atoms with Crippen LogP contribution in [0.5, 0.6) is 0 Å². The third-order valence-electron chi connectivity index (χ3n) is 3.36. The van der Waals surface area contributed by atoms with Crippen LogP contribution in [0.3, 0.4) is 0 Å². The Labute approximate surface area is 73.9 Å². The van der Waals surface area contributed by atoms with Crippen LogP contribution in [0.15, 0.2) is 0 Å². The topological polar surface area (TPSA) is 20.3 Å². The first kappa shape index (κ1) is 8.24. The zero-order valence-electron chi connectivity index (χ0n) is 7.54. The first-order valence-corrected chi connectivity index (χ1v) is 5.08. The first-order chi connectivity index (χ1) is 5.90. The van der Waals surface area contributed by atoms with Gasteiger partial charge in [-0.15, -0.1) is 0 Å². The van der Waals surface area contributed by atoms with E-state index in [0.717, 1.165) is 31.2 Å². The largest absolute Gasteiger partial charge is 0.303 e. The van der Waals surface area contributed by atoms with E-state index < -0.39 is 0 Å². The molecule has 12 heavy (non-hydrogen) atoms. The van der Waals surface area contributed by atoms with Crippen molar-refractivity contribution in [2.75, 3.05) is 13.1 Å². The Balaban J connectivity index is 1.86. The molecule has 68 valence electrons. The fourth-order valence-corrected chi connectivity index (χ4v) is 2.67. The number of aldehydes is 1. The molecule has 2 aliphatic heterocycles. The summed E-state index contributed by atoms with van der Waals surface area (Å²) < 4.78 is 0. The smallest absolute Gasteiger partial charge is 0.121 e. The van der Waals surface area contributed by atoms with Gasteiger partial charge < -0.3 is 4.79 Å². The van der Waals surface area contributed by atoms with Crippen LogP contribution in [0.4, 0.5) is 0 Å². The van der Waals surface area contributed by atoms with Crippen LogP contribution in [0, 0.1) is 5.92 Å². The predicted octanol–water partition coefficient (Wildman–Crippen LogP) is 1.45. The highest BCUT2D eigenvalue weighted by molar-refractivity contribution is 5.49. The molecule has 0 radical (unpaired) electrons. The maximum Gasteiger partial charge on any atom is 0.121 e. The minimum absolute atomic E-state index is 0.725. The number of carbonyl (C=O) groups is 1. The summed E-state index contributed by atoms with van der Waals surface area (Å²) in [6.45, 7) is 2.27. The number of rotatable bonds is 3. The average Bonchev–Trinajstić information content (AvgIpc) is 2.17. The maximum absolute atomic E-state index is 10.2. The van der Waals surface area contributed by atoms with Crippen molar-refractivity contribution in [3.05, 3.63) is 0 Å². The van der Waals surface area contributed by atoms with E-state index >= 15 is 0 Å². The van der Waals surface area contributed by atoms with Gasteiger partial charge in [-0.3, -0.25) is 4.90 Å². The summed E-state index contributed by atoms with van der Waals surface area (Å²) >= 11 is 0. The first-order valence-electron chi connectivity index (χ1n) is 5.08. The summed E-state index contributed by atoms with van der Waals surface area (Å²) in [5, 5.41) is 0. The normalized spacial score (nSPS) is 35.3. The van der Waals surface area contributed by atoms with Crippen LogP contribution < -0.4 is 0 Å². The lowest BCUT2D eigenvalue weighted by Crippen LogP contribution is -2.48. The summed E-state index contributed by atoms with van der Waals surface area (Å²) in [6.07, 6.45) is 7.39. The summed E-state index contributed by atoms with van der Waals surface area (Å²) in [7, 11) is 0. The third-order valence-corrected chi connectivity index (χ3v) is 3.36. The standard InChI is InChI=1S/C10H17NO/c12-7-1-6-11-8-9-2-4-10(11)5-3-9/h7,9-10H,1-6,8H2. The van der Waals surface area contributed by atoms with Gasteiger partial charge in [0.15, 0.2) is 0 Å². The van der Waals surface area contributed by atoms with Crippen molar-refractivity contribution in [1.82, 2.24) is 4.90 Å². The van der Waals surface area contributed by atoms with E-state index in [0.29, 0.717) is 0 Å². The fraction of sp³-hybridized carbons (Fsp3) is 0.900. The Morgan fingerprint density at radius 1 is 1.25 bits per heavy atom. The van der Waals surface area contributed by atoms with Crippen molar-refractivity contribution in [3.63, 3.8) is 0 Å². The molecule has 1 aliphatic carbocycles. The van der Waals surface area contributed by atoms with E-state index in [1.165, 1.54) is 32.2 Å². The summed E-state index contributed by atoms with van der Waals surface area (Å²) in [5.41, 5.74) is 0. The van der Waals surface area contributed by atoms with Crippen LogP contribution in [0.1, 0.15) is 32.1 Å². The molecule has 2 heterocycles.